The van der Waals surface area contributed by atoms with E-state index >= 15 is 0 Å². The van der Waals surface area contributed by atoms with E-state index in [2.05, 4.69) is 0 Å². The number of hydrogen-bond acceptors (Lipinski definition) is 4. The quantitative estimate of drug-likeness (QED) is 0.699. The van der Waals surface area contributed by atoms with E-state index < -0.39 is 16.1 Å². The van der Waals surface area contributed by atoms with Gasteiger partial charge in [-0.3, -0.25) is 4.79 Å². The minimum Gasteiger partial charge on any atom is -0.492 e. The molecule has 1 aliphatic rings. The van der Waals surface area contributed by atoms with E-state index in [0.717, 1.165) is 0 Å². The first-order valence-electron chi connectivity index (χ1n) is 8.48. The highest BCUT2D eigenvalue weighted by molar-refractivity contribution is 7.89. The number of benzene rings is 1. The summed E-state index contributed by atoms with van der Waals surface area (Å²) in [6.07, 6.45) is 1.77. The molecule has 1 aromatic rings. The van der Waals surface area contributed by atoms with Crippen molar-refractivity contribution in [2.45, 2.75) is 32.2 Å². The van der Waals surface area contributed by atoms with Gasteiger partial charge >= 0.3 is 0 Å². The molecule has 0 saturated carbocycles. The second kappa shape index (κ2) is 8.62. The van der Waals surface area contributed by atoms with Crippen LogP contribution in [0.2, 0.25) is 0 Å². The smallest absolute Gasteiger partial charge is 0.240 e. The van der Waals surface area contributed by atoms with Gasteiger partial charge < -0.3 is 9.64 Å². The van der Waals surface area contributed by atoms with Crippen molar-refractivity contribution in [2.24, 2.45) is 0 Å². The summed E-state index contributed by atoms with van der Waals surface area (Å²) in [4.78, 5) is 14.1. The first-order valence-corrected chi connectivity index (χ1v) is 10.1. The van der Waals surface area contributed by atoms with Gasteiger partial charge in [0.1, 0.15) is 24.2 Å². The zero-order chi connectivity index (χ0) is 18.4. The van der Waals surface area contributed by atoms with Crippen molar-refractivity contribution in [2.75, 3.05) is 32.5 Å². The van der Waals surface area contributed by atoms with Crippen LogP contribution in [0.3, 0.4) is 0 Å². The van der Waals surface area contributed by atoms with E-state index in [4.69, 9.17) is 4.74 Å². The number of hydrogen-bond donors (Lipinski definition) is 0. The number of sulfonamides is 1. The van der Waals surface area contributed by atoms with Crippen LogP contribution in [0.25, 0.3) is 0 Å². The van der Waals surface area contributed by atoms with Crippen molar-refractivity contribution in [3.63, 3.8) is 0 Å². The van der Waals surface area contributed by atoms with Crippen LogP contribution in [-0.4, -0.2) is 62.1 Å². The molecule has 0 aliphatic carbocycles. The third-order valence-electron chi connectivity index (χ3n) is 4.19. The SMILES string of the molecule is CCCS(=O)(=O)N1CCCC1C(=O)N(C)CCOc1ccc(F)cc1. The van der Waals surface area contributed by atoms with Crippen molar-refractivity contribution in [1.82, 2.24) is 9.21 Å². The third kappa shape index (κ3) is 5.15. The molecule has 2 rings (SSSR count). The normalized spacial score (nSPS) is 18.3. The maximum atomic E-state index is 12.8. The van der Waals surface area contributed by atoms with Crippen molar-refractivity contribution >= 4 is 15.9 Å². The van der Waals surface area contributed by atoms with Crippen molar-refractivity contribution in [3.05, 3.63) is 30.1 Å². The molecule has 1 aliphatic heterocycles. The van der Waals surface area contributed by atoms with Crippen LogP contribution in [0.5, 0.6) is 5.75 Å². The molecule has 1 amide bonds. The Balaban J connectivity index is 1.89. The summed E-state index contributed by atoms with van der Waals surface area (Å²) in [6, 6.07) is 5.03. The van der Waals surface area contributed by atoms with Crippen LogP contribution in [0.4, 0.5) is 4.39 Å². The largest absolute Gasteiger partial charge is 0.492 e. The molecular weight excluding hydrogens is 347 g/mol. The predicted octanol–water partition coefficient (Wildman–Crippen LogP) is 1.87. The van der Waals surface area contributed by atoms with Crippen LogP contribution >= 0.6 is 0 Å². The first kappa shape index (κ1) is 19.7. The number of nitrogens with zero attached hydrogens (tertiary/aromatic N) is 2. The molecule has 25 heavy (non-hydrogen) atoms. The van der Waals surface area contributed by atoms with Gasteiger partial charge in [0.05, 0.1) is 12.3 Å². The molecule has 0 aromatic heterocycles. The van der Waals surface area contributed by atoms with Crippen molar-refractivity contribution < 1.29 is 22.3 Å². The number of likely N-dealkylation sites (N-methyl/N-ethyl adjacent to an activating group) is 1. The number of carbonyl (C=O) groups excluding carboxylic acids is 1. The van der Waals surface area contributed by atoms with Gasteiger partial charge in [0, 0.05) is 13.6 Å². The summed E-state index contributed by atoms with van der Waals surface area (Å²) in [7, 11) is -1.75. The average Bonchev–Trinajstić information content (AvgIpc) is 3.06. The highest BCUT2D eigenvalue weighted by Gasteiger charge is 2.39. The van der Waals surface area contributed by atoms with Crippen molar-refractivity contribution in [3.8, 4) is 5.75 Å². The molecule has 0 N–H and O–H groups in total. The molecule has 0 radical (unpaired) electrons. The number of carbonyl (C=O) groups is 1. The highest BCUT2D eigenvalue weighted by Crippen LogP contribution is 2.23. The summed E-state index contributed by atoms with van der Waals surface area (Å²) in [5, 5.41) is 0. The monoisotopic (exact) mass is 372 g/mol. The van der Waals surface area contributed by atoms with Crippen LogP contribution in [-0.2, 0) is 14.8 Å². The Morgan fingerprint density at radius 3 is 2.68 bits per heavy atom. The Kier molecular flexibility index (Phi) is 6.78. The maximum Gasteiger partial charge on any atom is 0.240 e. The molecule has 140 valence electrons. The Hall–Kier alpha value is -1.67. The van der Waals surface area contributed by atoms with Gasteiger partial charge in [-0.25, -0.2) is 12.8 Å². The van der Waals surface area contributed by atoms with Gasteiger partial charge in [-0.1, -0.05) is 6.92 Å². The van der Waals surface area contributed by atoms with Crippen LogP contribution < -0.4 is 4.74 Å². The lowest BCUT2D eigenvalue weighted by Crippen LogP contribution is -2.47. The molecule has 1 aromatic carbocycles. The summed E-state index contributed by atoms with van der Waals surface area (Å²) >= 11 is 0. The molecule has 1 unspecified atom stereocenters. The summed E-state index contributed by atoms with van der Waals surface area (Å²) in [6.45, 7) is 2.79. The Labute approximate surface area is 148 Å². The molecule has 1 saturated heterocycles. The van der Waals surface area contributed by atoms with E-state index in [0.29, 0.717) is 38.1 Å². The Bertz CT molecular complexity index is 678. The van der Waals surface area contributed by atoms with Gasteiger partial charge in [0.25, 0.3) is 0 Å². The molecule has 8 heteroatoms. The van der Waals surface area contributed by atoms with Gasteiger partial charge in [0.2, 0.25) is 15.9 Å². The average molecular weight is 372 g/mol. The molecule has 1 atom stereocenters. The second-order valence-electron chi connectivity index (χ2n) is 6.15. The molecule has 6 nitrogen and oxygen atoms in total. The minimum absolute atomic E-state index is 0.0637. The minimum atomic E-state index is -3.39. The number of halogens is 1. The van der Waals surface area contributed by atoms with E-state index in [1.807, 2.05) is 6.92 Å². The number of rotatable bonds is 8. The van der Waals surface area contributed by atoms with E-state index in [1.54, 1.807) is 7.05 Å². The highest BCUT2D eigenvalue weighted by atomic mass is 32.2. The number of amides is 1. The zero-order valence-corrected chi connectivity index (χ0v) is 15.5. The Morgan fingerprint density at radius 1 is 1.36 bits per heavy atom. The molecule has 0 spiro atoms. The van der Waals surface area contributed by atoms with Gasteiger partial charge in [-0.2, -0.15) is 4.31 Å². The third-order valence-corrected chi connectivity index (χ3v) is 6.27. The van der Waals surface area contributed by atoms with Crippen LogP contribution in [0, 0.1) is 5.82 Å². The lowest BCUT2D eigenvalue weighted by Gasteiger charge is -2.27. The fourth-order valence-corrected chi connectivity index (χ4v) is 4.63. The summed E-state index contributed by atoms with van der Waals surface area (Å²) in [5.74, 6) is 0.0400. The van der Waals surface area contributed by atoms with E-state index in [-0.39, 0.29) is 24.1 Å². The number of ether oxygens (including phenoxy) is 1. The lowest BCUT2D eigenvalue weighted by molar-refractivity contribution is -0.133. The van der Waals surface area contributed by atoms with E-state index in [1.165, 1.54) is 33.5 Å². The maximum absolute atomic E-state index is 12.8. The molecular formula is C17H25FN2O4S. The Morgan fingerprint density at radius 2 is 2.04 bits per heavy atom. The fraction of sp³-hybridized carbons (Fsp3) is 0.588. The van der Waals surface area contributed by atoms with Crippen molar-refractivity contribution in [1.29, 1.82) is 0 Å². The molecule has 0 bridgehead atoms. The van der Waals surface area contributed by atoms with Crippen LogP contribution in [0.15, 0.2) is 24.3 Å². The molecule has 1 fully saturated rings. The summed E-state index contributed by atoms with van der Waals surface area (Å²) < 4.78 is 44.3. The molecule has 1 heterocycles. The van der Waals surface area contributed by atoms with Gasteiger partial charge in [-0.05, 0) is 43.5 Å². The fourth-order valence-electron chi connectivity index (χ4n) is 2.89. The van der Waals surface area contributed by atoms with Crippen LogP contribution in [0.1, 0.15) is 26.2 Å². The van der Waals surface area contributed by atoms with E-state index in [9.17, 15) is 17.6 Å². The second-order valence-corrected chi connectivity index (χ2v) is 8.19. The standard InChI is InChI=1S/C17H25FN2O4S/c1-3-13-25(22,23)20-10-4-5-16(20)17(21)19(2)11-12-24-15-8-6-14(18)7-9-15/h6-9,16H,3-5,10-13H2,1-2H3. The predicted molar refractivity (Wildman–Crippen MR) is 93.3 cm³/mol. The summed E-state index contributed by atoms with van der Waals surface area (Å²) in [5.41, 5.74) is 0. The topological polar surface area (TPSA) is 66.9 Å². The first-order chi connectivity index (χ1) is 11.8. The van der Waals surface area contributed by atoms with Gasteiger partial charge in [0.15, 0.2) is 0 Å². The zero-order valence-electron chi connectivity index (χ0n) is 14.7. The van der Waals surface area contributed by atoms with Gasteiger partial charge in [-0.15, -0.1) is 0 Å². The lowest BCUT2D eigenvalue weighted by atomic mass is 10.2.